The van der Waals surface area contributed by atoms with E-state index in [1.807, 2.05) is 62.2 Å². The molecule has 1 aliphatic heterocycles. The maximum atomic E-state index is 13.3. The van der Waals surface area contributed by atoms with E-state index >= 15 is 0 Å². The second-order valence-corrected chi connectivity index (χ2v) is 8.58. The van der Waals surface area contributed by atoms with Crippen molar-refractivity contribution in [1.29, 1.82) is 0 Å². The Balaban J connectivity index is 1.47. The number of hydrogen-bond acceptors (Lipinski definition) is 2. The molecule has 0 saturated heterocycles. The first-order valence-electron chi connectivity index (χ1n) is 10.9. The fourth-order valence-electron chi connectivity index (χ4n) is 4.17. The van der Waals surface area contributed by atoms with Gasteiger partial charge in [0.25, 0.3) is 5.91 Å². The minimum absolute atomic E-state index is 0.000234. The highest BCUT2D eigenvalue weighted by atomic mass is 16.2. The number of aromatic amines is 1. The van der Waals surface area contributed by atoms with Crippen LogP contribution in [0.2, 0.25) is 0 Å². The fourth-order valence-corrected chi connectivity index (χ4v) is 4.17. The number of para-hydroxylation sites is 1. The summed E-state index contributed by atoms with van der Waals surface area (Å²) >= 11 is 0. The summed E-state index contributed by atoms with van der Waals surface area (Å²) in [6, 6.07) is 15.1. The summed E-state index contributed by atoms with van der Waals surface area (Å²) in [6.45, 7) is 7.09. The number of nitrogens with zero attached hydrogens (tertiary/aromatic N) is 1. The molecule has 1 aromatic heterocycles. The van der Waals surface area contributed by atoms with Crippen molar-refractivity contribution in [3.63, 3.8) is 0 Å². The van der Waals surface area contributed by atoms with Gasteiger partial charge in [-0.3, -0.25) is 9.59 Å². The summed E-state index contributed by atoms with van der Waals surface area (Å²) in [5.41, 5.74) is 5.18. The molecule has 0 radical (unpaired) electrons. The van der Waals surface area contributed by atoms with Gasteiger partial charge in [-0.2, -0.15) is 0 Å². The summed E-state index contributed by atoms with van der Waals surface area (Å²) in [4.78, 5) is 31.2. The second-order valence-electron chi connectivity index (χ2n) is 8.58. The molecule has 3 aromatic rings. The molecule has 1 aliphatic rings. The highest BCUT2D eigenvalue weighted by Crippen LogP contribution is 2.29. The van der Waals surface area contributed by atoms with Crippen molar-refractivity contribution in [3.8, 4) is 0 Å². The summed E-state index contributed by atoms with van der Waals surface area (Å²) in [5.74, 6) is -0.228. The first kappa shape index (κ1) is 20.9. The van der Waals surface area contributed by atoms with Crippen LogP contribution in [0.3, 0.4) is 0 Å². The van der Waals surface area contributed by atoms with E-state index in [2.05, 4.69) is 28.5 Å². The van der Waals surface area contributed by atoms with Crippen LogP contribution < -0.4 is 5.32 Å². The third kappa shape index (κ3) is 4.41. The molecule has 4 rings (SSSR count). The average Bonchev–Trinajstić information content (AvgIpc) is 3.21. The van der Waals surface area contributed by atoms with E-state index in [0.29, 0.717) is 18.7 Å². The number of benzene rings is 2. The molecule has 0 spiro atoms. The number of amides is 2. The smallest absolute Gasteiger partial charge is 0.251 e. The van der Waals surface area contributed by atoms with Crippen LogP contribution >= 0.6 is 0 Å². The van der Waals surface area contributed by atoms with Crippen LogP contribution in [0.5, 0.6) is 0 Å². The highest BCUT2D eigenvalue weighted by Gasteiger charge is 2.30. The molecule has 0 saturated carbocycles. The largest absolute Gasteiger partial charge is 0.361 e. The minimum atomic E-state index is -0.545. The topological polar surface area (TPSA) is 65.2 Å². The Bertz CT molecular complexity index is 1140. The standard InChI is InChI=1S/C26H29N3O2/c1-17(2)24(28-25(30)20-8-6-7-18(3)15-20)26(31)29-13-11-19(12-14-29)22-16-27-23-10-5-4-9-21(22)23/h4-11,15-17,24,27H,12-14H2,1-3H3,(H,28,30)/t24-/m0/s1. The van der Waals surface area contributed by atoms with Crippen LogP contribution in [0.25, 0.3) is 16.5 Å². The van der Waals surface area contributed by atoms with Gasteiger partial charge in [0.1, 0.15) is 6.04 Å². The molecule has 2 aromatic carbocycles. The van der Waals surface area contributed by atoms with E-state index in [9.17, 15) is 9.59 Å². The Labute approximate surface area is 183 Å². The molecule has 0 bridgehead atoms. The molecule has 0 fully saturated rings. The third-order valence-electron chi connectivity index (χ3n) is 5.96. The van der Waals surface area contributed by atoms with Crippen LogP contribution in [-0.2, 0) is 4.79 Å². The molecule has 2 amide bonds. The first-order valence-corrected chi connectivity index (χ1v) is 10.9. The van der Waals surface area contributed by atoms with E-state index < -0.39 is 6.04 Å². The van der Waals surface area contributed by atoms with Crippen molar-refractivity contribution in [2.24, 2.45) is 5.92 Å². The number of carbonyl (C=O) groups excluding carboxylic acids is 2. The van der Waals surface area contributed by atoms with Crippen LogP contribution in [-0.4, -0.2) is 40.8 Å². The van der Waals surface area contributed by atoms with Crippen molar-refractivity contribution in [3.05, 3.63) is 77.5 Å². The van der Waals surface area contributed by atoms with Crippen molar-refractivity contribution in [2.75, 3.05) is 13.1 Å². The maximum Gasteiger partial charge on any atom is 0.251 e. The molecular weight excluding hydrogens is 386 g/mol. The van der Waals surface area contributed by atoms with Gasteiger partial charge in [0.15, 0.2) is 0 Å². The molecule has 1 atom stereocenters. The molecule has 5 nitrogen and oxygen atoms in total. The zero-order valence-electron chi connectivity index (χ0n) is 18.3. The van der Waals surface area contributed by atoms with Gasteiger partial charge in [0, 0.05) is 41.3 Å². The van der Waals surface area contributed by atoms with Crippen LogP contribution in [0.15, 0.2) is 60.8 Å². The van der Waals surface area contributed by atoms with E-state index in [1.165, 1.54) is 16.5 Å². The van der Waals surface area contributed by atoms with Gasteiger partial charge >= 0.3 is 0 Å². The number of nitrogens with one attached hydrogen (secondary N) is 2. The molecule has 160 valence electrons. The Morgan fingerprint density at radius 3 is 2.61 bits per heavy atom. The lowest BCUT2D eigenvalue weighted by Gasteiger charge is -2.32. The molecular formula is C26H29N3O2. The first-order chi connectivity index (χ1) is 14.9. The lowest BCUT2D eigenvalue weighted by atomic mass is 9.97. The lowest BCUT2D eigenvalue weighted by molar-refractivity contribution is -0.133. The molecule has 2 heterocycles. The minimum Gasteiger partial charge on any atom is -0.361 e. The quantitative estimate of drug-likeness (QED) is 0.642. The van der Waals surface area contributed by atoms with E-state index in [1.54, 1.807) is 6.07 Å². The molecule has 2 N–H and O–H groups in total. The van der Waals surface area contributed by atoms with E-state index in [0.717, 1.165) is 17.5 Å². The molecule has 31 heavy (non-hydrogen) atoms. The normalized spacial score (nSPS) is 15.1. The van der Waals surface area contributed by atoms with Gasteiger partial charge in [0.05, 0.1) is 0 Å². The summed E-state index contributed by atoms with van der Waals surface area (Å²) in [5, 5.41) is 4.17. The zero-order valence-corrected chi connectivity index (χ0v) is 18.3. The number of hydrogen-bond donors (Lipinski definition) is 2. The van der Waals surface area contributed by atoms with Gasteiger partial charge in [-0.1, -0.05) is 55.8 Å². The Morgan fingerprint density at radius 1 is 1.10 bits per heavy atom. The molecule has 0 aliphatic carbocycles. The van der Waals surface area contributed by atoms with Crippen LogP contribution in [0.4, 0.5) is 0 Å². The average molecular weight is 416 g/mol. The highest BCUT2D eigenvalue weighted by molar-refractivity contribution is 5.98. The van der Waals surface area contributed by atoms with Crippen LogP contribution in [0.1, 0.15) is 41.8 Å². The predicted octanol–water partition coefficient (Wildman–Crippen LogP) is 4.55. The van der Waals surface area contributed by atoms with Crippen molar-refractivity contribution >= 4 is 28.3 Å². The van der Waals surface area contributed by atoms with Gasteiger partial charge in [-0.05, 0) is 43.0 Å². The Morgan fingerprint density at radius 2 is 1.90 bits per heavy atom. The number of rotatable bonds is 5. The molecule has 5 heteroatoms. The number of H-pyrrole nitrogens is 1. The van der Waals surface area contributed by atoms with Gasteiger partial charge < -0.3 is 15.2 Å². The van der Waals surface area contributed by atoms with E-state index in [-0.39, 0.29) is 17.7 Å². The second kappa shape index (κ2) is 8.80. The number of aryl methyl sites for hydroxylation is 1. The third-order valence-corrected chi connectivity index (χ3v) is 5.96. The summed E-state index contributed by atoms with van der Waals surface area (Å²) in [6.07, 6.45) is 4.98. The van der Waals surface area contributed by atoms with Gasteiger partial charge in [-0.25, -0.2) is 0 Å². The number of aromatic nitrogens is 1. The predicted molar refractivity (Wildman–Crippen MR) is 125 cm³/mol. The SMILES string of the molecule is Cc1cccc(C(=O)N[C@H](C(=O)N2CC=C(c3c[nH]c4ccccc34)CC2)C(C)C)c1. The molecule has 0 unspecified atom stereocenters. The monoisotopic (exact) mass is 415 g/mol. The van der Waals surface area contributed by atoms with Crippen molar-refractivity contribution in [1.82, 2.24) is 15.2 Å². The van der Waals surface area contributed by atoms with Crippen molar-refractivity contribution < 1.29 is 9.59 Å². The van der Waals surface area contributed by atoms with Crippen molar-refractivity contribution in [2.45, 2.75) is 33.2 Å². The van der Waals surface area contributed by atoms with Gasteiger partial charge in [0.2, 0.25) is 5.91 Å². The summed E-state index contributed by atoms with van der Waals surface area (Å²) < 4.78 is 0. The fraction of sp³-hybridized carbons (Fsp3) is 0.308. The number of fused-ring (bicyclic) bond motifs is 1. The Kier molecular flexibility index (Phi) is 5.94. The van der Waals surface area contributed by atoms with E-state index in [4.69, 9.17) is 0 Å². The lowest BCUT2D eigenvalue weighted by Crippen LogP contribution is -2.52. The maximum absolute atomic E-state index is 13.3. The summed E-state index contributed by atoms with van der Waals surface area (Å²) in [7, 11) is 0. The van der Waals surface area contributed by atoms with Crippen LogP contribution in [0, 0.1) is 12.8 Å². The zero-order chi connectivity index (χ0) is 22.0. The Hall–Kier alpha value is -3.34. The van der Waals surface area contributed by atoms with Gasteiger partial charge in [-0.15, -0.1) is 0 Å². The number of carbonyl (C=O) groups is 2.